The fraction of sp³-hybridized carbons (Fsp3) is 0.690. The van der Waals surface area contributed by atoms with Crippen molar-refractivity contribution in [1.82, 2.24) is 0 Å². The number of phenolic OH excluding ortho intramolecular Hbond substituents is 1. The van der Waals surface area contributed by atoms with E-state index in [1.807, 2.05) is 13.8 Å². The van der Waals surface area contributed by atoms with E-state index in [4.69, 9.17) is 9.47 Å². The zero-order valence-electron chi connectivity index (χ0n) is 23.6. The third kappa shape index (κ3) is 6.70. The Morgan fingerprint density at radius 2 is 1.87 bits per heavy atom. The van der Waals surface area contributed by atoms with Crippen molar-refractivity contribution in [1.29, 1.82) is 0 Å². The monoisotopic (exact) mass is 547 g/mol. The van der Waals surface area contributed by atoms with Crippen LogP contribution in [0.5, 0.6) is 11.5 Å². The van der Waals surface area contributed by atoms with Crippen LogP contribution in [0.25, 0.3) is 0 Å². The maximum Gasteiger partial charge on any atom is 0.315 e. The predicted octanol–water partition coefficient (Wildman–Crippen LogP) is 5.41. The number of ether oxygens (including phenoxy) is 2. The Balaban J connectivity index is 1.89. The van der Waals surface area contributed by atoms with Gasteiger partial charge in [0, 0.05) is 30.2 Å². The van der Waals surface area contributed by atoms with E-state index in [1.165, 1.54) is 6.07 Å². The van der Waals surface area contributed by atoms with Crippen molar-refractivity contribution < 1.29 is 38.9 Å². The van der Waals surface area contributed by atoms with E-state index in [2.05, 4.69) is 11.8 Å². The second-order valence-electron chi connectivity index (χ2n) is 11.9. The third-order valence-electron chi connectivity index (χ3n) is 8.54. The number of unbranched alkanes of at least 4 members (excludes halogenated alkanes) is 3. The average molecular weight is 548 g/mol. The van der Waals surface area contributed by atoms with Gasteiger partial charge in [-0.2, -0.15) is 0 Å². The molecule has 39 heavy (non-hydrogen) atoms. The number of nitrogens with zero attached hydrogens (tertiary/aromatic N) is 1. The highest BCUT2D eigenvalue weighted by atomic mass is 16.9. The number of Topliss-reactive ketones (excluding diaryl/α,β-unsaturated/α-hetero) is 1. The van der Waals surface area contributed by atoms with Crippen molar-refractivity contribution >= 4 is 17.7 Å². The third-order valence-corrected chi connectivity index (χ3v) is 8.54. The van der Waals surface area contributed by atoms with Crippen LogP contribution in [-0.4, -0.2) is 41.1 Å². The number of carbonyl (C=O) groups excluding carboxylic acids is 3. The molecule has 10 heteroatoms. The minimum atomic E-state index is -1.15. The zero-order chi connectivity index (χ0) is 29.0. The van der Waals surface area contributed by atoms with E-state index < -0.39 is 22.4 Å². The Hall–Kier alpha value is -3.17. The van der Waals surface area contributed by atoms with Crippen LogP contribution in [-0.2, 0) is 29.4 Å². The maximum atomic E-state index is 13.0. The first kappa shape index (κ1) is 30.4. The smallest absolute Gasteiger partial charge is 0.315 e. The lowest BCUT2D eigenvalue weighted by Crippen LogP contribution is -2.56. The highest BCUT2D eigenvalue weighted by Crippen LogP contribution is 2.64. The number of fused-ring (bicyclic) bond motifs is 2. The summed E-state index contributed by atoms with van der Waals surface area (Å²) in [6.07, 6.45) is 4.71. The molecule has 0 aromatic heterocycles. The molecule has 10 nitrogen and oxygen atoms in total. The number of ketones is 1. The SMILES string of the molecule is CCCCCCOC(=O)C(C)(C)c1cc(O)c([C@H]2CC(=O)[C@H]3C[C@H]2C3(C)C)c(OC(=O)CCCO[N+](=O)[O-])c1. The summed E-state index contributed by atoms with van der Waals surface area (Å²) in [6, 6.07) is 3.07. The van der Waals surface area contributed by atoms with Crippen LogP contribution in [0.15, 0.2) is 12.1 Å². The van der Waals surface area contributed by atoms with Gasteiger partial charge in [0.25, 0.3) is 5.09 Å². The van der Waals surface area contributed by atoms with Crippen LogP contribution in [0.4, 0.5) is 0 Å². The minimum Gasteiger partial charge on any atom is -0.508 e. The Morgan fingerprint density at radius 3 is 2.49 bits per heavy atom. The Morgan fingerprint density at radius 1 is 1.15 bits per heavy atom. The largest absolute Gasteiger partial charge is 0.508 e. The summed E-state index contributed by atoms with van der Waals surface area (Å²) in [7, 11) is 0. The van der Waals surface area contributed by atoms with E-state index in [9.17, 15) is 29.6 Å². The summed E-state index contributed by atoms with van der Waals surface area (Å²) in [6.45, 7) is 9.59. The van der Waals surface area contributed by atoms with E-state index in [-0.39, 0.29) is 66.3 Å². The molecule has 3 aliphatic carbocycles. The van der Waals surface area contributed by atoms with Crippen LogP contribution in [0, 0.1) is 27.4 Å². The molecule has 3 atom stereocenters. The van der Waals surface area contributed by atoms with E-state index in [1.54, 1.807) is 19.9 Å². The summed E-state index contributed by atoms with van der Waals surface area (Å²) < 4.78 is 11.2. The molecular formula is C29H41NO9. The number of hydrogen-bond donors (Lipinski definition) is 1. The second kappa shape index (κ2) is 12.3. The molecule has 1 aromatic carbocycles. The van der Waals surface area contributed by atoms with E-state index in [0.29, 0.717) is 24.2 Å². The number of carbonyl (C=O) groups is 3. The van der Waals surface area contributed by atoms with Gasteiger partial charge >= 0.3 is 11.9 Å². The summed E-state index contributed by atoms with van der Waals surface area (Å²) >= 11 is 0. The van der Waals surface area contributed by atoms with Crippen LogP contribution >= 0.6 is 0 Å². The zero-order valence-corrected chi connectivity index (χ0v) is 23.6. The number of aromatic hydroxyl groups is 1. The number of rotatable bonds is 14. The molecular weight excluding hydrogens is 506 g/mol. The Bertz CT molecular complexity index is 1090. The van der Waals surface area contributed by atoms with Gasteiger partial charge in [-0.05, 0) is 62.1 Å². The maximum absolute atomic E-state index is 13.0. The Labute approximate surface area is 229 Å². The summed E-state index contributed by atoms with van der Waals surface area (Å²) in [5, 5.41) is 20.7. The van der Waals surface area contributed by atoms with Gasteiger partial charge in [-0.1, -0.05) is 40.0 Å². The number of phenols is 1. The topological polar surface area (TPSA) is 142 Å². The van der Waals surface area contributed by atoms with Crippen molar-refractivity contribution in [2.45, 2.75) is 97.3 Å². The number of hydrogen-bond acceptors (Lipinski definition) is 9. The lowest BCUT2D eigenvalue weighted by Gasteiger charge is -2.59. The molecule has 4 rings (SSSR count). The van der Waals surface area contributed by atoms with Gasteiger partial charge in [-0.25, -0.2) is 0 Å². The predicted molar refractivity (Wildman–Crippen MR) is 142 cm³/mol. The molecule has 3 fully saturated rings. The van der Waals surface area contributed by atoms with Crippen molar-refractivity contribution in [2.24, 2.45) is 17.3 Å². The first-order valence-corrected chi connectivity index (χ1v) is 13.9. The Kier molecular flexibility index (Phi) is 9.61. The summed E-state index contributed by atoms with van der Waals surface area (Å²) in [5.41, 5.74) is -0.603. The van der Waals surface area contributed by atoms with Gasteiger partial charge < -0.3 is 19.4 Å². The molecule has 0 saturated heterocycles. The van der Waals surface area contributed by atoms with Gasteiger partial charge in [0.2, 0.25) is 0 Å². The first-order valence-electron chi connectivity index (χ1n) is 13.9. The van der Waals surface area contributed by atoms with Gasteiger partial charge in [0.1, 0.15) is 17.3 Å². The molecule has 216 valence electrons. The number of esters is 2. The molecule has 0 heterocycles. The lowest BCUT2D eigenvalue weighted by molar-refractivity contribution is -0.757. The molecule has 1 aromatic rings. The summed E-state index contributed by atoms with van der Waals surface area (Å²) in [5.74, 6) is -1.30. The first-order chi connectivity index (χ1) is 18.3. The van der Waals surface area contributed by atoms with Crippen molar-refractivity contribution in [3.63, 3.8) is 0 Å². The lowest BCUT2D eigenvalue weighted by atomic mass is 9.44. The second-order valence-corrected chi connectivity index (χ2v) is 11.9. The van der Waals surface area contributed by atoms with Crippen molar-refractivity contribution in [2.75, 3.05) is 13.2 Å². The molecule has 0 unspecified atom stereocenters. The fourth-order valence-electron chi connectivity index (χ4n) is 5.94. The molecule has 0 amide bonds. The molecule has 1 N–H and O–H groups in total. The van der Waals surface area contributed by atoms with Crippen LogP contribution in [0.1, 0.15) is 103 Å². The fourth-order valence-corrected chi connectivity index (χ4v) is 5.94. The molecule has 0 radical (unpaired) electrons. The van der Waals surface area contributed by atoms with Gasteiger partial charge in [0.15, 0.2) is 0 Å². The van der Waals surface area contributed by atoms with Gasteiger partial charge in [-0.3, -0.25) is 14.4 Å². The molecule has 0 spiro atoms. The number of benzene rings is 1. The van der Waals surface area contributed by atoms with Crippen LogP contribution < -0.4 is 4.74 Å². The molecule has 0 aliphatic heterocycles. The van der Waals surface area contributed by atoms with E-state index in [0.717, 1.165) is 25.7 Å². The van der Waals surface area contributed by atoms with Crippen molar-refractivity contribution in [3.8, 4) is 11.5 Å². The standard InChI is InChI=1S/C29H41NO9/c1-6-7-8-9-12-37-27(34)28(2,3)18-14-23(32)26(19-16-22(31)21-17-20(19)29(21,4)5)24(15-18)39-25(33)11-10-13-38-30(35)36/h14-15,19-21,32H,6-13,16-17H2,1-5H3/t19-,20+,21+/m0/s1. The van der Waals surface area contributed by atoms with Gasteiger partial charge in [0.05, 0.1) is 18.6 Å². The quantitative estimate of drug-likeness (QED) is 0.106. The van der Waals surface area contributed by atoms with Crippen LogP contribution in [0.2, 0.25) is 0 Å². The highest BCUT2D eigenvalue weighted by Gasteiger charge is 2.59. The molecule has 3 aliphatic rings. The highest BCUT2D eigenvalue weighted by molar-refractivity contribution is 5.87. The van der Waals surface area contributed by atoms with Crippen molar-refractivity contribution in [3.05, 3.63) is 33.4 Å². The molecule has 3 saturated carbocycles. The molecule has 2 bridgehead atoms. The van der Waals surface area contributed by atoms with Crippen LogP contribution in [0.3, 0.4) is 0 Å². The summed E-state index contributed by atoms with van der Waals surface area (Å²) in [4.78, 5) is 53.3. The van der Waals surface area contributed by atoms with E-state index >= 15 is 0 Å². The minimum absolute atomic E-state index is 0.0150. The van der Waals surface area contributed by atoms with Gasteiger partial charge in [-0.15, -0.1) is 10.1 Å². The average Bonchev–Trinajstić information content (AvgIpc) is 2.85. The normalized spacial score (nSPS) is 21.6.